The summed E-state index contributed by atoms with van der Waals surface area (Å²) in [7, 11) is 1.68. The largest absolute Gasteiger partial charge is 0.341 e. The number of hydrogen-bond acceptors (Lipinski definition) is 1. The lowest BCUT2D eigenvalue weighted by molar-refractivity contribution is 0.248. The molecule has 0 saturated carbocycles. The quantitative estimate of drug-likeness (QED) is 0.690. The Balaban J connectivity index is 2.37. The number of anilines is 1. The average Bonchev–Trinajstić information content (AvgIpc) is 2.50. The van der Waals surface area contributed by atoms with E-state index in [-0.39, 0.29) is 6.03 Å². The Morgan fingerprint density at radius 1 is 1.33 bits per heavy atom. The summed E-state index contributed by atoms with van der Waals surface area (Å²) in [4.78, 5) is 13.5. The number of para-hydroxylation sites is 1. The third kappa shape index (κ3) is 1.96. The van der Waals surface area contributed by atoms with Crippen molar-refractivity contribution < 1.29 is 4.79 Å². The minimum atomic E-state index is -0.00986. The smallest absolute Gasteiger partial charge is 0.321 e. The van der Waals surface area contributed by atoms with Gasteiger partial charge in [0.15, 0.2) is 0 Å². The number of hydrogen-bond donors (Lipinski definition) is 1. The van der Waals surface area contributed by atoms with Crippen molar-refractivity contribution in [3.63, 3.8) is 0 Å². The van der Waals surface area contributed by atoms with Crippen LogP contribution < -0.4 is 10.2 Å². The lowest BCUT2D eigenvalue weighted by Crippen LogP contribution is -2.38. The molecule has 0 atom stereocenters. The maximum atomic E-state index is 11.7. The van der Waals surface area contributed by atoms with Crippen LogP contribution >= 0.6 is 0 Å². The predicted octanol–water partition coefficient (Wildman–Crippen LogP) is 2.17. The number of amides is 2. The average molecular weight is 204 g/mol. The molecule has 15 heavy (non-hydrogen) atoms. The van der Waals surface area contributed by atoms with Gasteiger partial charge >= 0.3 is 6.03 Å². The molecule has 1 N–H and O–H groups in total. The third-order valence-corrected chi connectivity index (χ3v) is 2.82. The molecular formula is C12H16N2O. The minimum absolute atomic E-state index is 0.00986. The van der Waals surface area contributed by atoms with Crippen LogP contribution in [0.15, 0.2) is 24.3 Å². The number of carbonyl (C=O) groups is 1. The molecule has 0 bridgehead atoms. The van der Waals surface area contributed by atoms with Crippen LogP contribution in [0.1, 0.15) is 18.4 Å². The summed E-state index contributed by atoms with van der Waals surface area (Å²) < 4.78 is 0. The van der Waals surface area contributed by atoms with Gasteiger partial charge in [0.2, 0.25) is 0 Å². The van der Waals surface area contributed by atoms with Gasteiger partial charge in [0.25, 0.3) is 0 Å². The Kier molecular flexibility index (Phi) is 2.90. The van der Waals surface area contributed by atoms with Crippen molar-refractivity contribution in [3.05, 3.63) is 29.8 Å². The molecule has 0 saturated heterocycles. The number of nitrogens with zero attached hydrogens (tertiary/aromatic N) is 1. The lowest BCUT2D eigenvalue weighted by atomic mass is 10.1. The van der Waals surface area contributed by atoms with Crippen LogP contribution in [0.3, 0.4) is 0 Å². The van der Waals surface area contributed by atoms with Crippen LogP contribution in [-0.2, 0) is 6.42 Å². The van der Waals surface area contributed by atoms with Crippen molar-refractivity contribution in [3.8, 4) is 0 Å². The molecule has 0 spiro atoms. The monoisotopic (exact) mass is 204 g/mol. The Morgan fingerprint density at radius 2 is 2.13 bits per heavy atom. The number of carbonyl (C=O) groups excluding carboxylic acids is 1. The van der Waals surface area contributed by atoms with Gasteiger partial charge in [-0.2, -0.15) is 0 Å². The molecule has 1 aromatic carbocycles. The molecule has 1 aliphatic rings. The highest BCUT2D eigenvalue weighted by Crippen LogP contribution is 2.25. The maximum absolute atomic E-state index is 11.7. The molecule has 0 unspecified atom stereocenters. The molecule has 2 amide bonds. The SMILES string of the molecule is CNC(=O)N1CCCCc2ccccc21. The summed E-state index contributed by atoms with van der Waals surface area (Å²) in [6, 6.07) is 8.14. The van der Waals surface area contributed by atoms with Gasteiger partial charge in [-0.25, -0.2) is 4.79 Å². The van der Waals surface area contributed by atoms with E-state index in [4.69, 9.17) is 0 Å². The van der Waals surface area contributed by atoms with E-state index in [9.17, 15) is 4.79 Å². The first kappa shape index (κ1) is 10.0. The molecule has 3 heteroatoms. The topological polar surface area (TPSA) is 32.3 Å². The van der Waals surface area contributed by atoms with E-state index in [1.165, 1.54) is 5.56 Å². The second-order valence-corrected chi connectivity index (χ2v) is 3.79. The highest BCUT2D eigenvalue weighted by Gasteiger charge is 2.19. The Labute approximate surface area is 90.1 Å². The number of urea groups is 1. The standard InChI is InChI=1S/C12H16N2O/c1-13-12(15)14-9-5-4-7-10-6-2-3-8-11(10)14/h2-3,6,8H,4-5,7,9H2,1H3,(H,13,15). The molecule has 80 valence electrons. The van der Waals surface area contributed by atoms with Crippen molar-refractivity contribution in [1.82, 2.24) is 5.32 Å². The van der Waals surface area contributed by atoms with E-state index in [1.807, 2.05) is 23.1 Å². The summed E-state index contributed by atoms with van der Waals surface area (Å²) in [6.07, 6.45) is 3.30. The Bertz CT molecular complexity index is 362. The molecule has 1 aromatic rings. The highest BCUT2D eigenvalue weighted by atomic mass is 16.2. The van der Waals surface area contributed by atoms with Crippen molar-refractivity contribution in [2.75, 3.05) is 18.5 Å². The molecule has 3 nitrogen and oxygen atoms in total. The molecule has 0 aromatic heterocycles. The van der Waals surface area contributed by atoms with Gasteiger partial charge in [-0.3, -0.25) is 4.90 Å². The van der Waals surface area contributed by atoms with Crippen molar-refractivity contribution in [1.29, 1.82) is 0 Å². The first-order valence-electron chi connectivity index (χ1n) is 5.40. The van der Waals surface area contributed by atoms with E-state index >= 15 is 0 Å². The first-order chi connectivity index (χ1) is 7.33. The zero-order valence-corrected chi connectivity index (χ0v) is 8.99. The summed E-state index contributed by atoms with van der Waals surface area (Å²) in [5.74, 6) is 0. The highest BCUT2D eigenvalue weighted by molar-refractivity contribution is 5.92. The van der Waals surface area contributed by atoms with E-state index in [0.29, 0.717) is 0 Å². The molecule has 0 radical (unpaired) electrons. The van der Waals surface area contributed by atoms with Crippen LogP contribution in [0, 0.1) is 0 Å². The van der Waals surface area contributed by atoms with Gasteiger partial charge in [0.05, 0.1) is 0 Å². The first-order valence-corrected chi connectivity index (χ1v) is 5.40. The summed E-state index contributed by atoms with van der Waals surface area (Å²) in [5, 5.41) is 2.69. The minimum Gasteiger partial charge on any atom is -0.341 e. The van der Waals surface area contributed by atoms with Crippen LogP contribution in [0.4, 0.5) is 10.5 Å². The van der Waals surface area contributed by atoms with Gasteiger partial charge in [-0.1, -0.05) is 18.2 Å². The fourth-order valence-corrected chi connectivity index (χ4v) is 2.04. The van der Waals surface area contributed by atoms with Crippen LogP contribution in [0.25, 0.3) is 0 Å². The zero-order chi connectivity index (χ0) is 10.7. The summed E-state index contributed by atoms with van der Waals surface area (Å²) in [5.41, 5.74) is 2.34. The van der Waals surface area contributed by atoms with Crippen LogP contribution in [0.2, 0.25) is 0 Å². The summed E-state index contributed by atoms with van der Waals surface area (Å²) >= 11 is 0. The number of aryl methyl sites for hydroxylation is 1. The van der Waals surface area contributed by atoms with Crippen molar-refractivity contribution >= 4 is 11.7 Å². The van der Waals surface area contributed by atoms with E-state index < -0.39 is 0 Å². The van der Waals surface area contributed by atoms with Crippen LogP contribution in [-0.4, -0.2) is 19.6 Å². The second-order valence-electron chi connectivity index (χ2n) is 3.79. The van der Waals surface area contributed by atoms with Crippen molar-refractivity contribution in [2.24, 2.45) is 0 Å². The molecule has 0 aliphatic carbocycles. The molecular weight excluding hydrogens is 188 g/mol. The molecule has 1 heterocycles. The number of nitrogens with one attached hydrogen (secondary N) is 1. The fourth-order valence-electron chi connectivity index (χ4n) is 2.04. The number of rotatable bonds is 0. The van der Waals surface area contributed by atoms with Crippen molar-refractivity contribution in [2.45, 2.75) is 19.3 Å². The number of benzene rings is 1. The Morgan fingerprint density at radius 3 is 2.93 bits per heavy atom. The number of fused-ring (bicyclic) bond motifs is 1. The third-order valence-electron chi connectivity index (χ3n) is 2.82. The van der Waals surface area contributed by atoms with Gasteiger partial charge < -0.3 is 5.32 Å². The Hall–Kier alpha value is -1.51. The lowest BCUT2D eigenvalue weighted by Gasteiger charge is -2.22. The van der Waals surface area contributed by atoms with Gasteiger partial charge in [0, 0.05) is 19.3 Å². The molecule has 2 rings (SSSR count). The fraction of sp³-hybridized carbons (Fsp3) is 0.417. The second kappa shape index (κ2) is 4.34. The van der Waals surface area contributed by atoms with E-state index in [0.717, 1.165) is 31.5 Å². The maximum Gasteiger partial charge on any atom is 0.321 e. The van der Waals surface area contributed by atoms with Gasteiger partial charge in [-0.15, -0.1) is 0 Å². The normalized spacial score (nSPS) is 15.4. The van der Waals surface area contributed by atoms with Gasteiger partial charge in [-0.05, 0) is 30.9 Å². The van der Waals surface area contributed by atoms with Crippen LogP contribution in [0.5, 0.6) is 0 Å². The van der Waals surface area contributed by atoms with Gasteiger partial charge in [0.1, 0.15) is 0 Å². The predicted molar refractivity (Wildman–Crippen MR) is 61.2 cm³/mol. The van der Waals surface area contributed by atoms with E-state index in [2.05, 4.69) is 11.4 Å². The zero-order valence-electron chi connectivity index (χ0n) is 8.99. The summed E-state index contributed by atoms with van der Waals surface area (Å²) in [6.45, 7) is 0.816. The van der Waals surface area contributed by atoms with E-state index in [1.54, 1.807) is 7.05 Å². The molecule has 0 fully saturated rings. The molecule has 1 aliphatic heterocycles.